The lowest BCUT2D eigenvalue weighted by molar-refractivity contribution is -0.134. The van der Waals surface area contributed by atoms with Crippen molar-refractivity contribution < 1.29 is 4.79 Å². The number of carbonyl (C=O) groups is 1. The number of amides is 1. The molecule has 116 valence electrons. The van der Waals surface area contributed by atoms with Crippen LogP contribution < -0.4 is 5.32 Å². The number of hydrogen-bond donors (Lipinski definition) is 1. The molecule has 3 aliphatic rings. The van der Waals surface area contributed by atoms with E-state index in [9.17, 15) is 4.79 Å². The van der Waals surface area contributed by atoms with Gasteiger partial charge in [-0.1, -0.05) is 6.07 Å². The Morgan fingerprint density at radius 2 is 2.19 bits per heavy atom. The maximum atomic E-state index is 12.9. The first-order valence-electron chi connectivity index (χ1n) is 7.85. The third-order valence-electron chi connectivity index (χ3n) is 5.49. The second kappa shape index (κ2) is 5.90. The van der Waals surface area contributed by atoms with Gasteiger partial charge in [0.15, 0.2) is 0 Å². The number of halogens is 1. The van der Waals surface area contributed by atoms with E-state index in [1.165, 1.54) is 17.7 Å². The zero-order valence-corrected chi connectivity index (χ0v) is 13.8. The highest BCUT2D eigenvalue weighted by Gasteiger charge is 2.59. The van der Waals surface area contributed by atoms with Gasteiger partial charge in [-0.25, -0.2) is 0 Å². The first kappa shape index (κ1) is 15.3. The first-order chi connectivity index (χ1) is 9.80. The van der Waals surface area contributed by atoms with Crippen molar-refractivity contribution in [1.82, 2.24) is 10.2 Å². The molecule has 1 aromatic rings. The highest BCUT2D eigenvalue weighted by atomic mass is 35.5. The molecular formula is C16H23ClN2OS. The molecule has 3 nitrogen and oxygen atoms in total. The molecule has 2 unspecified atom stereocenters. The normalized spacial score (nSPS) is 30.2. The number of nitrogens with one attached hydrogen (secondary N) is 1. The van der Waals surface area contributed by atoms with Crippen LogP contribution in [0.15, 0.2) is 17.5 Å². The van der Waals surface area contributed by atoms with E-state index >= 15 is 0 Å². The van der Waals surface area contributed by atoms with Crippen molar-refractivity contribution >= 4 is 29.7 Å². The fourth-order valence-electron chi connectivity index (χ4n) is 4.18. The van der Waals surface area contributed by atoms with Crippen LogP contribution in [0, 0.1) is 11.3 Å². The molecule has 1 aliphatic carbocycles. The first-order valence-corrected chi connectivity index (χ1v) is 8.73. The molecule has 1 aromatic heterocycles. The Hall–Kier alpha value is -0.580. The molecule has 1 spiro atoms. The highest BCUT2D eigenvalue weighted by molar-refractivity contribution is 7.10. The van der Waals surface area contributed by atoms with E-state index in [0.29, 0.717) is 23.3 Å². The summed E-state index contributed by atoms with van der Waals surface area (Å²) in [5.74, 6) is 0.771. The van der Waals surface area contributed by atoms with Crippen molar-refractivity contribution in [3.05, 3.63) is 22.4 Å². The minimum atomic E-state index is 0. The minimum absolute atomic E-state index is 0. The van der Waals surface area contributed by atoms with Crippen molar-refractivity contribution in [2.24, 2.45) is 11.3 Å². The van der Waals surface area contributed by atoms with Gasteiger partial charge < -0.3 is 10.2 Å². The summed E-state index contributed by atoms with van der Waals surface area (Å²) in [6, 6.07) is 4.66. The Labute approximate surface area is 136 Å². The van der Waals surface area contributed by atoms with Crippen LogP contribution in [0.25, 0.3) is 0 Å². The maximum Gasteiger partial charge on any atom is 0.226 e. The Morgan fingerprint density at radius 3 is 2.90 bits per heavy atom. The average Bonchev–Trinajstić information content (AvgIpc) is 2.95. The second-order valence-electron chi connectivity index (χ2n) is 6.57. The molecule has 2 aliphatic heterocycles. The van der Waals surface area contributed by atoms with Gasteiger partial charge in [0.1, 0.15) is 0 Å². The maximum absolute atomic E-state index is 12.9. The number of nitrogens with zero attached hydrogens (tertiary/aromatic N) is 1. The zero-order valence-electron chi connectivity index (χ0n) is 12.2. The van der Waals surface area contributed by atoms with Crippen molar-refractivity contribution in [2.75, 3.05) is 19.6 Å². The van der Waals surface area contributed by atoms with E-state index in [0.717, 1.165) is 38.9 Å². The quantitative estimate of drug-likeness (QED) is 0.905. The summed E-state index contributed by atoms with van der Waals surface area (Å²) in [5, 5.41) is 5.54. The summed E-state index contributed by atoms with van der Waals surface area (Å²) in [4.78, 5) is 16.5. The Kier molecular flexibility index (Phi) is 4.30. The summed E-state index contributed by atoms with van der Waals surface area (Å²) in [5.41, 5.74) is 0.366. The Morgan fingerprint density at radius 1 is 1.38 bits per heavy atom. The van der Waals surface area contributed by atoms with Crippen molar-refractivity contribution in [2.45, 2.75) is 38.1 Å². The van der Waals surface area contributed by atoms with Gasteiger partial charge in [0.25, 0.3) is 0 Å². The van der Waals surface area contributed by atoms with Gasteiger partial charge in [0, 0.05) is 17.3 Å². The monoisotopic (exact) mass is 326 g/mol. The zero-order chi connectivity index (χ0) is 13.6. The van der Waals surface area contributed by atoms with Gasteiger partial charge in [-0.3, -0.25) is 4.79 Å². The highest BCUT2D eigenvalue weighted by Crippen LogP contribution is 2.60. The predicted octanol–water partition coefficient (Wildman–Crippen LogP) is 3.22. The van der Waals surface area contributed by atoms with E-state index in [1.807, 2.05) is 0 Å². The molecule has 3 heterocycles. The fourth-order valence-corrected chi connectivity index (χ4v) is 5.06. The standard InChI is InChI=1S/C16H22N2OS.ClH/c19-15(12-11-16(12)5-7-17-8-6-16)18-9-1-3-13(18)14-4-2-10-20-14;/h2,4,10,12-13,17H,1,3,5-9,11H2;1H. The Bertz CT molecular complexity index is 498. The SMILES string of the molecule is Cl.O=C(C1CC12CCNCC2)N1CCCC1c1cccs1. The third-order valence-corrected chi connectivity index (χ3v) is 6.47. The van der Waals surface area contributed by atoms with Gasteiger partial charge >= 0.3 is 0 Å². The van der Waals surface area contributed by atoms with Gasteiger partial charge in [-0.15, -0.1) is 23.7 Å². The smallest absolute Gasteiger partial charge is 0.226 e. The lowest BCUT2D eigenvalue weighted by Gasteiger charge is -2.27. The molecule has 4 rings (SSSR count). The topological polar surface area (TPSA) is 32.3 Å². The van der Waals surface area contributed by atoms with Crippen LogP contribution in [0.5, 0.6) is 0 Å². The van der Waals surface area contributed by atoms with Crippen LogP contribution >= 0.6 is 23.7 Å². The molecule has 0 aromatic carbocycles. The largest absolute Gasteiger partial charge is 0.335 e. The van der Waals surface area contributed by atoms with Crippen molar-refractivity contribution in [3.63, 3.8) is 0 Å². The van der Waals surface area contributed by atoms with Crippen LogP contribution in [-0.4, -0.2) is 30.4 Å². The average molecular weight is 327 g/mol. The second-order valence-corrected chi connectivity index (χ2v) is 7.55. The van der Waals surface area contributed by atoms with Crippen molar-refractivity contribution in [1.29, 1.82) is 0 Å². The number of hydrogen-bond acceptors (Lipinski definition) is 3. The fraction of sp³-hybridized carbons (Fsp3) is 0.688. The number of thiophene rings is 1. The van der Waals surface area contributed by atoms with Gasteiger partial charge in [0.2, 0.25) is 5.91 Å². The molecular weight excluding hydrogens is 304 g/mol. The number of carbonyl (C=O) groups excluding carboxylic acids is 1. The summed E-state index contributed by atoms with van der Waals surface area (Å²) in [6.45, 7) is 3.16. The summed E-state index contributed by atoms with van der Waals surface area (Å²) < 4.78 is 0. The van der Waals surface area contributed by atoms with Gasteiger partial charge in [-0.2, -0.15) is 0 Å². The van der Waals surface area contributed by atoms with Crippen LogP contribution in [0.2, 0.25) is 0 Å². The lowest BCUT2D eigenvalue weighted by Crippen LogP contribution is -2.36. The van der Waals surface area contributed by atoms with Crippen LogP contribution in [0.4, 0.5) is 0 Å². The molecule has 0 bridgehead atoms. The summed E-state index contributed by atoms with van der Waals surface area (Å²) in [6.07, 6.45) is 5.84. The van der Waals surface area contributed by atoms with E-state index in [4.69, 9.17) is 0 Å². The summed E-state index contributed by atoms with van der Waals surface area (Å²) in [7, 11) is 0. The Balaban J connectivity index is 0.00000132. The minimum Gasteiger partial charge on any atom is -0.335 e. The molecule has 1 N–H and O–H groups in total. The number of piperidine rings is 1. The molecule has 1 saturated carbocycles. The molecule has 3 fully saturated rings. The van der Waals surface area contributed by atoms with E-state index in [1.54, 1.807) is 11.3 Å². The molecule has 2 saturated heterocycles. The predicted molar refractivity (Wildman–Crippen MR) is 87.9 cm³/mol. The lowest BCUT2D eigenvalue weighted by atomic mass is 9.91. The summed E-state index contributed by atoms with van der Waals surface area (Å²) >= 11 is 1.80. The van der Waals surface area contributed by atoms with E-state index in [2.05, 4.69) is 27.7 Å². The van der Waals surface area contributed by atoms with Crippen LogP contribution in [0.1, 0.15) is 43.0 Å². The molecule has 2 atom stereocenters. The number of likely N-dealkylation sites (tertiary alicyclic amines) is 1. The molecule has 1 amide bonds. The van der Waals surface area contributed by atoms with Gasteiger partial charge in [0.05, 0.1) is 6.04 Å². The van der Waals surface area contributed by atoms with E-state index < -0.39 is 0 Å². The van der Waals surface area contributed by atoms with Gasteiger partial charge in [-0.05, 0) is 62.1 Å². The van der Waals surface area contributed by atoms with Crippen molar-refractivity contribution in [3.8, 4) is 0 Å². The molecule has 21 heavy (non-hydrogen) atoms. The van der Waals surface area contributed by atoms with E-state index in [-0.39, 0.29) is 12.4 Å². The van der Waals surface area contributed by atoms with Crippen LogP contribution in [0.3, 0.4) is 0 Å². The van der Waals surface area contributed by atoms with Crippen LogP contribution in [-0.2, 0) is 4.79 Å². The third kappa shape index (κ3) is 2.62. The number of rotatable bonds is 2. The molecule has 0 radical (unpaired) electrons. The molecule has 5 heteroatoms.